The maximum absolute atomic E-state index is 13.1. The number of sulfonamides is 1. The van der Waals surface area contributed by atoms with Crippen LogP contribution >= 0.6 is 0 Å². The molecule has 0 aliphatic carbocycles. The van der Waals surface area contributed by atoms with Gasteiger partial charge >= 0.3 is 12.1 Å². The fourth-order valence-electron chi connectivity index (χ4n) is 3.77. The van der Waals surface area contributed by atoms with Crippen LogP contribution in [-0.4, -0.2) is 62.3 Å². The minimum atomic E-state index is -5.08. The van der Waals surface area contributed by atoms with E-state index in [0.717, 1.165) is 23.3 Å². The van der Waals surface area contributed by atoms with Gasteiger partial charge in [-0.3, -0.25) is 10.2 Å². The molecule has 1 atom stereocenters. The van der Waals surface area contributed by atoms with E-state index in [0.29, 0.717) is 24.0 Å². The van der Waals surface area contributed by atoms with Gasteiger partial charge in [0.2, 0.25) is 5.96 Å². The van der Waals surface area contributed by atoms with E-state index in [4.69, 9.17) is 25.8 Å². The van der Waals surface area contributed by atoms with Crippen molar-refractivity contribution in [3.63, 3.8) is 0 Å². The summed E-state index contributed by atoms with van der Waals surface area (Å²) < 4.78 is 78.6. The van der Waals surface area contributed by atoms with Crippen molar-refractivity contribution in [3.05, 3.63) is 22.3 Å². The quantitative estimate of drug-likeness (QED) is 0.137. The van der Waals surface area contributed by atoms with Crippen LogP contribution in [0.25, 0.3) is 0 Å². The summed E-state index contributed by atoms with van der Waals surface area (Å²) in [6, 6.07) is -0.895. The van der Waals surface area contributed by atoms with Crippen LogP contribution in [0.1, 0.15) is 55.4 Å². The number of fused-ring (bicyclic) bond motifs is 1. The number of aliphatic carboxylic acids is 1. The molecule has 0 spiro atoms. The number of carboxylic acids is 1. The number of carbonyl (C=O) groups excluding carboxylic acids is 1. The summed E-state index contributed by atoms with van der Waals surface area (Å²) in [7, 11) is -4.00. The predicted molar refractivity (Wildman–Crippen MR) is 132 cm³/mol. The van der Waals surface area contributed by atoms with Crippen molar-refractivity contribution >= 4 is 27.7 Å². The van der Waals surface area contributed by atoms with Crippen molar-refractivity contribution in [2.24, 2.45) is 5.73 Å². The fourth-order valence-corrected chi connectivity index (χ4v) is 5.29. The number of ketones is 1. The normalized spacial score (nSPS) is 15.2. The maximum Gasteiger partial charge on any atom is 0.490 e. The molecule has 0 fully saturated rings. The van der Waals surface area contributed by atoms with Gasteiger partial charge in [-0.15, -0.1) is 0 Å². The van der Waals surface area contributed by atoms with Crippen LogP contribution in [0.15, 0.2) is 4.90 Å². The molecule has 0 saturated carbocycles. The molecule has 1 aliphatic rings. The van der Waals surface area contributed by atoms with E-state index < -0.39 is 40.7 Å². The van der Waals surface area contributed by atoms with Crippen LogP contribution in [0.2, 0.25) is 0 Å². The van der Waals surface area contributed by atoms with Crippen LogP contribution < -0.4 is 20.5 Å². The molecule has 10 nitrogen and oxygen atoms in total. The summed E-state index contributed by atoms with van der Waals surface area (Å²) in [5.74, 6) is -3.06. The van der Waals surface area contributed by atoms with E-state index in [9.17, 15) is 30.8 Å². The number of nitrogens with two attached hydrogens (primary N) is 1. The van der Waals surface area contributed by atoms with Gasteiger partial charge in [0.25, 0.3) is 10.0 Å². The summed E-state index contributed by atoms with van der Waals surface area (Å²) in [6.45, 7) is 8.49. The monoisotopic (exact) mass is 570 g/mol. The Bertz CT molecular complexity index is 1170. The second kappa shape index (κ2) is 12.7. The molecule has 1 heterocycles. The first-order valence-corrected chi connectivity index (χ1v) is 13.0. The van der Waals surface area contributed by atoms with E-state index in [1.165, 1.54) is 0 Å². The zero-order valence-corrected chi connectivity index (χ0v) is 22.6. The van der Waals surface area contributed by atoms with Gasteiger partial charge in [-0.2, -0.15) is 13.2 Å². The Morgan fingerprint density at radius 3 is 2.24 bits per heavy atom. The summed E-state index contributed by atoms with van der Waals surface area (Å²) in [5, 5.41) is 17.7. The molecule has 6 N–H and O–H groups in total. The fraction of sp³-hybridized carbons (Fsp3) is 0.609. The molecular formula is C23H34F4N4O6S. The van der Waals surface area contributed by atoms with E-state index in [1.54, 1.807) is 13.8 Å². The van der Waals surface area contributed by atoms with Crippen molar-refractivity contribution in [2.75, 3.05) is 13.2 Å². The third kappa shape index (κ3) is 8.82. The van der Waals surface area contributed by atoms with Gasteiger partial charge in [-0.05, 0) is 82.6 Å². The molecule has 0 aromatic heterocycles. The Labute approximate surface area is 218 Å². The average molecular weight is 571 g/mol. The summed E-state index contributed by atoms with van der Waals surface area (Å²) in [5.41, 5.74) is 8.12. The Kier molecular flexibility index (Phi) is 11.1. The van der Waals surface area contributed by atoms with Gasteiger partial charge in [-0.1, -0.05) is 0 Å². The number of nitrogens with one attached hydrogen (secondary N) is 3. The molecule has 38 heavy (non-hydrogen) atoms. The van der Waals surface area contributed by atoms with E-state index in [-0.39, 0.29) is 29.4 Å². The summed E-state index contributed by atoms with van der Waals surface area (Å²) >= 11 is 0. The lowest BCUT2D eigenvalue weighted by Gasteiger charge is -2.35. The minimum absolute atomic E-state index is 0.161. The minimum Gasteiger partial charge on any atom is -0.487 e. The second-order valence-corrected chi connectivity index (χ2v) is 11.1. The van der Waals surface area contributed by atoms with Gasteiger partial charge in [-0.25, -0.2) is 22.3 Å². The lowest BCUT2D eigenvalue weighted by molar-refractivity contribution is -0.192. The number of benzene rings is 1. The highest BCUT2D eigenvalue weighted by atomic mass is 32.2. The summed E-state index contributed by atoms with van der Waals surface area (Å²) in [4.78, 5) is 20.2. The highest BCUT2D eigenvalue weighted by molar-refractivity contribution is 7.90. The number of carboxylic acid groups (broad SMARTS) is 1. The smallest absolute Gasteiger partial charge is 0.487 e. The number of ether oxygens (including phenoxy) is 1. The molecule has 1 aliphatic heterocycles. The Hall–Kier alpha value is -2.94. The van der Waals surface area contributed by atoms with Crippen LogP contribution in [-0.2, 0) is 26.0 Å². The lowest BCUT2D eigenvalue weighted by atomic mass is 9.88. The van der Waals surface area contributed by atoms with Gasteiger partial charge in [0.15, 0.2) is 5.78 Å². The molecule has 2 rings (SSSR count). The standard InChI is InChI=1S/C21H33FN4O4S.C2HF3O2/c1-12-13(2)19(14(3)15-8-9-21(4,5)30-18(12)15)31(28,29)26-20(24)25-10-6-7-16(23)17(27)11-22;3-2(4,5)1(6)7/h16H,6-11,23H2,1-5H3,(H3,24,25,26);(H,6,7)/t16-;/m0./s1. The molecule has 0 saturated heterocycles. The first-order chi connectivity index (χ1) is 17.2. The third-order valence-corrected chi connectivity index (χ3v) is 7.58. The van der Waals surface area contributed by atoms with Crippen molar-refractivity contribution in [3.8, 4) is 5.75 Å². The number of Topliss-reactive ketones (excluding diaryl/α,β-unsaturated/α-hetero) is 1. The highest BCUT2D eigenvalue weighted by Gasteiger charge is 2.38. The molecule has 1 aromatic rings. The van der Waals surface area contributed by atoms with Crippen molar-refractivity contribution in [1.29, 1.82) is 5.41 Å². The number of carbonyl (C=O) groups is 2. The summed E-state index contributed by atoms with van der Waals surface area (Å²) in [6.07, 6.45) is -2.96. The molecule has 0 radical (unpaired) electrons. The number of guanidine groups is 1. The molecular weight excluding hydrogens is 536 g/mol. The molecule has 0 amide bonds. The van der Waals surface area contributed by atoms with Gasteiger partial charge in [0.05, 0.1) is 10.9 Å². The Balaban J connectivity index is 0.000000905. The highest BCUT2D eigenvalue weighted by Crippen LogP contribution is 2.42. The lowest BCUT2D eigenvalue weighted by Crippen LogP contribution is -2.41. The van der Waals surface area contributed by atoms with E-state index in [2.05, 4.69) is 10.0 Å². The maximum atomic E-state index is 13.1. The SMILES string of the molecule is Cc1c(C)c(S(=O)(=O)NC(=N)NCCC[C@H](N)C(=O)CF)c(C)c2c1OC(C)(C)CC2.O=C(O)C(F)(F)F. The van der Waals surface area contributed by atoms with Crippen LogP contribution in [0.3, 0.4) is 0 Å². The van der Waals surface area contributed by atoms with Crippen LogP contribution in [0.5, 0.6) is 5.75 Å². The van der Waals surface area contributed by atoms with Gasteiger partial charge in [0, 0.05) is 6.54 Å². The average Bonchev–Trinajstić information content (AvgIpc) is 2.78. The topological polar surface area (TPSA) is 172 Å². The zero-order valence-electron chi connectivity index (χ0n) is 21.8. The van der Waals surface area contributed by atoms with Crippen molar-refractivity contribution < 1.29 is 45.4 Å². The Morgan fingerprint density at radius 2 is 1.74 bits per heavy atom. The predicted octanol–water partition coefficient (Wildman–Crippen LogP) is 2.80. The second-order valence-electron chi connectivity index (χ2n) is 9.43. The number of rotatable bonds is 8. The third-order valence-electron chi connectivity index (χ3n) is 5.95. The molecule has 1 aromatic carbocycles. The van der Waals surface area contributed by atoms with Crippen molar-refractivity contribution in [1.82, 2.24) is 10.0 Å². The van der Waals surface area contributed by atoms with Crippen LogP contribution in [0, 0.1) is 26.2 Å². The molecule has 0 unspecified atom stereocenters. The number of alkyl halides is 4. The number of hydrogen-bond donors (Lipinski definition) is 5. The number of hydrogen-bond acceptors (Lipinski definition) is 7. The molecule has 15 heteroatoms. The zero-order chi connectivity index (χ0) is 29.6. The van der Waals surface area contributed by atoms with Gasteiger partial charge in [0.1, 0.15) is 18.0 Å². The van der Waals surface area contributed by atoms with Crippen LogP contribution in [0.4, 0.5) is 17.6 Å². The first kappa shape index (κ1) is 33.1. The van der Waals surface area contributed by atoms with E-state index >= 15 is 0 Å². The van der Waals surface area contributed by atoms with Gasteiger partial charge < -0.3 is 20.9 Å². The van der Waals surface area contributed by atoms with Crippen molar-refractivity contribution in [2.45, 2.75) is 83.0 Å². The van der Waals surface area contributed by atoms with E-state index in [1.807, 2.05) is 20.8 Å². The first-order valence-electron chi connectivity index (χ1n) is 11.6. The molecule has 216 valence electrons. The Morgan fingerprint density at radius 1 is 1.18 bits per heavy atom. The largest absolute Gasteiger partial charge is 0.490 e. The number of halogens is 4. The molecule has 0 bridgehead atoms.